The SMILES string of the molecule is C=CCCCC(NCCC)c1cnsn1. The Bertz CT molecular complexity index is 259. The normalized spacial score (nSPS) is 12.6. The van der Waals surface area contributed by atoms with Gasteiger partial charge in [0.25, 0.3) is 0 Å². The maximum Gasteiger partial charge on any atom is 0.0912 e. The van der Waals surface area contributed by atoms with Gasteiger partial charge in [0.2, 0.25) is 0 Å². The first kappa shape index (κ1) is 12.3. The van der Waals surface area contributed by atoms with Crippen molar-refractivity contribution in [3.63, 3.8) is 0 Å². The number of allylic oxidation sites excluding steroid dienone is 1. The fourth-order valence-electron chi connectivity index (χ4n) is 1.46. The van der Waals surface area contributed by atoms with E-state index in [0.717, 1.165) is 37.9 Å². The fourth-order valence-corrected chi connectivity index (χ4v) is 1.94. The van der Waals surface area contributed by atoms with Crippen molar-refractivity contribution in [2.24, 2.45) is 0 Å². The van der Waals surface area contributed by atoms with Crippen LogP contribution >= 0.6 is 11.7 Å². The third-order valence-electron chi connectivity index (χ3n) is 2.28. The molecule has 1 unspecified atom stereocenters. The first-order valence-electron chi connectivity index (χ1n) is 5.50. The molecule has 84 valence electrons. The first-order valence-corrected chi connectivity index (χ1v) is 6.23. The van der Waals surface area contributed by atoms with Crippen LogP contribution in [0.5, 0.6) is 0 Å². The van der Waals surface area contributed by atoms with Crippen molar-refractivity contribution in [1.29, 1.82) is 0 Å². The fraction of sp³-hybridized carbons (Fsp3) is 0.636. The molecule has 3 nitrogen and oxygen atoms in total. The van der Waals surface area contributed by atoms with E-state index in [2.05, 4.69) is 27.6 Å². The van der Waals surface area contributed by atoms with Crippen LogP contribution in [0.15, 0.2) is 18.9 Å². The number of nitrogens with zero attached hydrogens (tertiary/aromatic N) is 2. The van der Waals surface area contributed by atoms with Crippen molar-refractivity contribution in [3.05, 3.63) is 24.5 Å². The molecular formula is C11H19N3S. The highest BCUT2D eigenvalue weighted by molar-refractivity contribution is 6.99. The molecule has 0 radical (unpaired) electrons. The van der Waals surface area contributed by atoms with E-state index in [1.807, 2.05) is 12.3 Å². The maximum absolute atomic E-state index is 4.29. The molecule has 0 aliphatic rings. The molecule has 1 aromatic rings. The topological polar surface area (TPSA) is 37.8 Å². The molecule has 1 rings (SSSR count). The van der Waals surface area contributed by atoms with Crippen LogP contribution in [0.25, 0.3) is 0 Å². The zero-order valence-electron chi connectivity index (χ0n) is 9.28. The van der Waals surface area contributed by atoms with Gasteiger partial charge >= 0.3 is 0 Å². The van der Waals surface area contributed by atoms with Gasteiger partial charge in [-0.15, -0.1) is 6.58 Å². The third-order valence-corrected chi connectivity index (χ3v) is 2.77. The molecule has 0 aromatic carbocycles. The van der Waals surface area contributed by atoms with Gasteiger partial charge in [-0.1, -0.05) is 13.0 Å². The average molecular weight is 225 g/mol. The van der Waals surface area contributed by atoms with Gasteiger partial charge in [-0.3, -0.25) is 0 Å². The summed E-state index contributed by atoms with van der Waals surface area (Å²) in [7, 11) is 0. The summed E-state index contributed by atoms with van der Waals surface area (Å²) in [6.45, 7) is 6.95. The molecule has 0 spiro atoms. The smallest absolute Gasteiger partial charge is 0.0912 e. The van der Waals surface area contributed by atoms with Crippen molar-refractivity contribution in [2.75, 3.05) is 6.54 Å². The summed E-state index contributed by atoms with van der Waals surface area (Å²) >= 11 is 1.28. The Hall–Kier alpha value is -0.740. The quantitative estimate of drug-likeness (QED) is 0.546. The van der Waals surface area contributed by atoms with Crippen molar-refractivity contribution in [1.82, 2.24) is 14.1 Å². The van der Waals surface area contributed by atoms with Crippen molar-refractivity contribution in [2.45, 2.75) is 38.6 Å². The molecule has 0 saturated carbocycles. The molecule has 0 saturated heterocycles. The Morgan fingerprint density at radius 1 is 1.67 bits per heavy atom. The van der Waals surface area contributed by atoms with E-state index in [-0.39, 0.29) is 0 Å². The van der Waals surface area contributed by atoms with Crippen molar-refractivity contribution < 1.29 is 0 Å². The van der Waals surface area contributed by atoms with Gasteiger partial charge in [0.15, 0.2) is 0 Å². The largest absolute Gasteiger partial charge is 0.309 e. The van der Waals surface area contributed by atoms with Gasteiger partial charge in [-0.25, -0.2) is 0 Å². The molecule has 0 aliphatic carbocycles. The van der Waals surface area contributed by atoms with E-state index in [1.165, 1.54) is 11.7 Å². The Morgan fingerprint density at radius 3 is 3.13 bits per heavy atom. The number of hydrogen-bond donors (Lipinski definition) is 1. The molecule has 1 heterocycles. The Morgan fingerprint density at radius 2 is 2.53 bits per heavy atom. The van der Waals surface area contributed by atoms with E-state index in [0.29, 0.717) is 6.04 Å². The number of hydrogen-bond acceptors (Lipinski definition) is 4. The third kappa shape index (κ3) is 4.53. The van der Waals surface area contributed by atoms with E-state index >= 15 is 0 Å². The highest BCUT2D eigenvalue weighted by Gasteiger charge is 2.12. The number of unbranched alkanes of at least 4 members (excludes halogenated alkanes) is 1. The highest BCUT2D eigenvalue weighted by Crippen LogP contribution is 2.17. The zero-order valence-corrected chi connectivity index (χ0v) is 10.1. The van der Waals surface area contributed by atoms with Crippen LogP contribution in [-0.4, -0.2) is 15.3 Å². The molecule has 0 amide bonds. The summed E-state index contributed by atoms with van der Waals surface area (Å²) in [6, 6.07) is 0.364. The molecule has 0 aliphatic heterocycles. The summed E-state index contributed by atoms with van der Waals surface area (Å²) in [5.41, 5.74) is 1.08. The second-order valence-corrected chi connectivity index (χ2v) is 4.12. The summed E-state index contributed by atoms with van der Waals surface area (Å²) < 4.78 is 8.34. The molecule has 1 atom stereocenters. The second-order valence-electron chi connectivity index (χ2n) is 3.56. The van der Waals surface area contributed by atoms with Gasteiger partial charge in [0.1, 0.15) is 0 Å². The Kier molecular flexibility index (Phi) is 6.20. The number of aromatic nitrogens is 2. The molecule has 4 heteroatoms. The van der Waals surface area contributed by atoms with Crippen LogP contribution in [0.3, 0.4) is 0 Å². The van der Waals surface area contributed by atoms with Crippen LogP contribution in [0.4, 0.5) is 0 Å². The predicted octanol–water partition coefficient (Wildman–Crippen LogP) is 2.94. The summed E-state index contributed by atoms with van der Waals surface area (Å²) in [5, 5.41) is 3.50. The average Bonchev–Trinajstić information content (AvgIpc) is 2.76. The summed E-state index contributed by atoms with van der Waals surface area (Å²) in [6.07, 6.45) is 8.32. The lowest BCUT2D eigenvalue weighted by Gasteiger charge is -2.15. The lowest BCUT2D eigenvalue weighted by atomic mass is 10.1. The van der Waals surface area contributed by atoms with E-state index in [4.69, 9.17) is 0 Å². The monoisotopic (exact) mass is 225 g/mol. The summed E-state index contributed by atoms with van der Waals surface area (Å²) in [5.74, 6) is 0. The van der Waals surface area contributed by atoms with Crippen LogP contribution in [0, 0.1) is 0 Å². The van der Waals surface area contributed by atoms with Gasteiger partial charge in [0, 0.05) is 0 Å². The van der Waals surface area contributed by atoms with Crippen LogP contribution < -0.4 is 5.32 Å². The molecular weight excluding hydrogens is 206 g/mol. The zero-order chi connectivity index (χ0) is 10.9. The Labute approximate surface area is 95.9 Å². The van der Waals surface area contributed by atoms with E-state index < -0.39 is 0 Å². The van der Waals surface area contributed by atoms with Gasteiger partial charge < -0.3 is 5.32 Å². The molecule has 15 heavy (non-hydrogen) atoms. The maximum atomic E-state index is 4.29. The molecule has 1 N–H and O–H groups in total. The lowest BCUT2D eigenvalue weighted by Crippen LogP contribution is -2.22. The minimum Gasteiger partial charge on any atom is -0.309 e. The van der Waals surface area contributed by atoms with E-state index in [1.54, 1.807) is 0 Å². The molecule has 1 aromatic heterocycles. The summed E-state index contributed by atoms with van der Waals surface area (Å²) in [4.78, 5) is 0. The van der Waals surface area contributed by atoms with Crippen molar-refractivity contribution in [3.8, 4) is 0 Å². The van der Waals surface area contributed by atoms with Crippen LogP contribution in [0.2, 0.25) is 0 Å². The lowest BCUT2D eigenvalue weighted by molar-refractivity contribution is 0.479. The second kappa shape index (κ2) is 7.54. The van der Waals surface area contributed by atoms with Crippen LogP contribution in [0.1, 0.15) is 44.3 Å². The van der Waals surface area contributed by atoms with Crippen molar-refractivity contribution >= 4 is 11.7 Å². The first-order chi connectivity index (χ1) is 7.38. The highest BCUT2D eigenvalue weighted by atomic mass is 32.1. The van der Waals surface area contributed by atoms with Crippen LogP contribution in [-0.2, 0) is 0 Å². The molecule has 0 bridgehead atoms. The van der Waals surface area contributed by atoms with E-state index in [9.17, 15) is 0 Å². The standard InChI is InChI=1S/C11H19N3S/c1-3-5-6-7-10(12-8-4-2)11-9-13-15-14-11/h3,9-10,12H,1,4-8H2,2H3. The van der Waals surface area contributed by atoms with Gasteiger partial charge in [0.05, 0.1) is 29.7 Å². The predicted molar refractivity (Wildman–Crippen MR) is 65.0 cm³/mol. The van der Waals surface area contributed by atoms with Gasteiger partial charge in [-0.2, -0.15) is 8.75 Å². The molecule has 0 fully saturated rings. The number of rotatable bonds is 8. The number of nitrogens with one attached hydrogen (secondary N) is 1. The Balaban J connectivity index is 2.42. The minimum atomic E-state index is 0.364. The van der Waals surface area contributed by atoms with Gasteiger partial charge in [-0.05, 0) is 32.2 Å². The minimum absolute atomic E-state index is 0.364.